The number of anilines is 1. The van der Waals surface area contributed by atoms with Gasteiger partial charge in [0.25, 0.3) is 0 Å². The summed E-state index contributed by atoms with van der Waals surface area (Å²) in [6, 6.07) is 5.49. The maximum absolute atomic E-state index is 11.0. The highest BCUT2D eigenvalue weighted by molar-refractivity contribution is 5.94. The Morgan fingerprint density at radius 3 is 3.08 bits per heavy atom. The summed E-state index contributed by atoms with van der Waals surface area (Å²) in [5, 5.41) is 5.39. The largest absolute Gasteiger partial charge is 0.495 e. The van der Waals surface area contributed by atoms with Crippen molar-refractivity contribution in [2.45, 2.75) is 6.54 Å². The first kappa shape index (κ1) is 7.91. The van der Waals surface area contributed by atoms with Crippen molar-refractivity contribution in [3.63, 3.8) is 0 Å². The van der Waals surface area contributed by atoms with E-state index in [2.05, 4.69) is 10.6 Å². The van der Waals surface area contributed by atoms with Crippen LogP contribution in [0.15, 0.2) is 18.2 Å². The van der Waals surface area contributed by atoms with Crippen LogP contribution in [0.25, 0.3) is 0 Å². The number of carbonyl (C=O) groups is 1. The van der Waals surface area contributed by atoms with E-state index in [1.54, 1.807) is 7.11 Å². The van der Waals surface area contributed by atoms with E-state index in [1.807, 2.05) is 18.2 Å². The summed E-state index contributed by atoms with van der Waals surface area (Å²) in [6.07, 6.45) is 0. The van der Waals surface area contributed by atoms with Crippen molar-refractivity contribution in [2.24, 2.45) is 0 Å². The molecule has 1 aliphatic heterocycles. The number of hydrogen-bond acceptors (Lipinski definition) is 2. The molecule has 68 valence electrons. The molecule has 4 nitrogen and oxygen atoms in total. The number of amides is 2. The van der Waals surface area contributed by atoms with Crippen molar-refractivity contribution in [2.75, 3.05) is 12.4 Å². The highest BCUT2D eigenvalue weighted by atomic mass is 16.5. The molecule has 0 spiro atoms. The molecule has 2 rings (SSSR count). The maximum atomic E-state index is 11.0. The lowest BCUT2D eigenvalue weighted by Crippen LogP contribution is -2.33. The number of nitrogens with one attached hydrogen (secondary N) is 2. The SMILES string of the molecule is COc1cccc2c1NC(=O)NC2. The molecule has 0 radical (unpaired) electrons. The number of hydrogen-bond donors (Lipinski definition) is 2. The summed E-state index contributed by atoms with van der Waals surface area (Å²) in [4.78, 5) is 11.0. The quantitative estimate of drug-likeness (QED) is 0.681. The number of para-hydroxylation sites is 1. The van der Waals surface area contributed by atoms with Gasteiger partial charge in [0.15, 0.2) is 0 Å². The zero-order valence-electron chi connectivity index (χ0n) is 7.26. The van der Waals surface area contributed by atoms with E-state index in [0.717, 1.165) is 11.3 Å². The Kier molecular flexibility index (Phi) is 1.81. The van der Waals surface area contributed by atoms with Crippen LogP contribution in [0.3, 0.4) is 0 Å². The number of urea groups is 1. The van der Waals surface area contributed by atoms with Gasteiger partial charge in [-0.3, -0.25) is 0 Å². The van der Waals surface area contributed by atoms with Gasteiger partial charge in [-0.1, -0.05) is 12.1 Å². The van der Waals surface area contributed by atoms with Crippen LogP contribution in [0, 0.1) is 0 Å². The van der Waals surface area contributed by atoms with Gasteiger partial charge in [0, 0.05) is 6.54 Å². The molecule has 1 aromatic rings. The van der Waals surface area contributed by atoms with Crippen molar-refractivity contribution in [3.8, 4) is 5.75 Å². The molecule has 13 heavy (non-hydrogen) atoms. The molecule has 1 heterocycles. The summed E-state index contributed by atoms with van der Waals surface area (Å²) in [5.41, 5.74) is 1.81. The van der Waals surface area contributed by atoms with Gasteiger partial charge in [0.2, 0.25) is 0 Å². The van der Waals surface area contributed by atoms with Crippen molar-refractivity contribution in [1.82, 2.24) is 5.32 Å². The lowest BCUT2D eigenvalue weighted by atomic mass is 10.1. The number of ether oxygens (including phenoxy) is 1. The number of carbonyl (C=O) groups excluding carboxylic acids is 1. The van der Waals surface area contributed by atoms with E-state index < -0.39 is 0 Å². The molecule has 0 bridgehead atoms. The van der Waals surface area contributed by atoms with Crippen LogP contribution in [-0.4, -0.2) is 13.1 Å². The molecule has 2 amide bonds. The molecule has 4 heteroatoms. The van der Waals surface area contributed by atoms with Crippen LogP contribution in [0.1, 0.15) is 5.56 Å². The fourth-order valence-electron chi connectivity index (χ4n) is 1.37. The monoisotopic (exact) mass is 178 g/mol. The maximum Gasteiger partial charge on any atom is 0.319 e. The van der Waals surface area contributed by atoms with Crippen LogP contribution < -0.4 is 15.4 Å². The molecule has 0 aliphatic carbocycles. The second-order valence-electron chi connectivity index (χ2n) is 2.80. The summed E-state index contributed by atoms with van der Waals surface area (Å²) in [6.45, 7) is 0.554. The van der Waals surface area contributed by atoms with Gasteiger partial charge in [0.05, 0.1) is 12.8 Å². The van der Waals surface area contributed by atoms with Gasteiger partial charge in [-0.15, -0.1) is 0 Å². The highest BCUT2D eigenvalue weighted by Gasteiger charge is 2.16. The topological polar surface area (TPSA) is 50.4 Å². The average Bonchev–Trinajstić information content (AvgIpc) is 2.17. The van der Waals surface area contributed by atoms with E-state index in [1.165, 1.54) is 0 Å². The minimum Gasteiger partial charge on any atom is -0.495 e. The lowest BCUT2D eigenvalue weighted by molar-refractivity contribution is 0.250. The lowest BCUT2D eigenvalue weighted by Gasteiger charge is -2.20. The van der Waals surface area contributed by atoms with E-state index in [-0.39, 0.29) is 6.03 Å². The Morgan fingerprint density at radius 1 is 1.46 bits per heavy atom. The zero-order valence-corrected chi connectivity index (χ0v) is 7.26. The third-order valence-electron chi connectivity index (χ3n) is 2.01. The first-order valence-electron chi connectivity index (χ1n) is 4.02. The van der Waals surface area contributed by atoms with Crippen LogP contribution in [0.5, 0.6) is 5.75 Å². The molecule has 0 saturated carbocycles. The normalized spacial score (nSPS) is 14.1. The zero-order chi connectivity index (χ0) is 9.26. The molecule has 0 unspecified atom stereocenters. The van der Waals surface area contributed by atoms with Crippen molar-refractivity contribution >= 4 is 11.7 Å². The highest BCUT2D eigenvalue weighted by Crippen LogP contribution is 2.29. The molecule has 1 aliphatic rings. The first-order chi connectivity index (χ1) is 6.31. The number of fused-ring (bicyclic) bond motifs is 1. The number of methoxy groups -OCH3 is 1. The average molecular weight is 178 g/mol. The summed E-state index contributed by atoms with van der Waals surface area (Å²) < 4.78 is 5.12. The second-order valence-corrected chi connectivity index (χ2v) is 2.80. The third kappa shape index (κ3) is 1.30. The number of benzene rings is 1. The molecule has 0 atom stereocenters. The van der Waals surface area contributed by atoms with E-state index in [9.17, 15) is 4.79 Å². The molecule has 0 fully saturated rings. The van der Waals surface area contributed by atoms with Gasteiger partial charge in [-0.2, -0.15) is 0 Å². The predicted octanol–water partition coefficient (Wildman–Crippen LogP) is 1.33. The third-order valence-corrected chi connectivity index (χ3v) is 2.01. The Bertz CT molecular complexity index is 335. The van der Waals surface area contributed by atoms with E-state index in [0.29, 0.717) is 12.3 Å². The van der Waals surface area contributed by atoms with Crippen LogP contribution in [0.2, 0.25) is 0 Å². The van der Waals surface area contributed by atoms with E-state index in [4.69, 9.17) is 4.74 Å². The second kappa shape index (κ2) is 2.97. The van der Waals surface area contributed by atoms with Gasteiger partial charge in [-0.05, 0) is 11.6 Å². The van der Waals surface area contributed by atoms with Gasteiger partial charge in [-0.25, -0.2) is 4.79 Å². The van der Waals surface area contributed by atoms with Gasteiger partial charge in [0.1, 0.15) is 5.75 Å². The van der Waals surface area contributed by atoms with Crippen LogP contribution in [0.4, 0.5) is 10.5 Å². The summed E-state index contributed by atoms with van der Waals surface area (Å²) in [5.74, 6) is 0.701. The Labute approximate surface area is 75.9 Å². The van der Waals surface area contributed by atoms with Crippen LogP contribution in [-0.2, 0) is 6.54 Å². The van der Waals surface area contributed by atoms with Crippen molar-refractivity contribution in [1.29, 1.82) is 0 Å². The Hall–Kier alpha value is -1.71. The first-order valence-corrected chi connectivity index (χ1v) is 4.02. The molecular formula is C9H10N2O2. The molecule has 2 N–H and O–H groups in total. The standard InChI is InChI=1S/C9H10N2O2/c1-13-7-4-2-3-6-5-10-9(12)11-8(6)7/h2-4H,5H2,1H3,(H2,10,11,12). The van der Waals surface area contributed by atoms with Gasteiger partial charge < -0.3 is 15.4 Å². The Balaban J connectivity index is 2.46. The van der Waals surface area contributed by atoms with Gasteiger partial charge >= 0.3 is 6.03 Å². The van der Waals surface area contributed by atoms with Crippen LogP contribution >= 0.6 is 0 Å². The molecular weight excluding hydrogens is 168 g/mol. The minimum atomic E-state index is -0.183. The predicted molar refractivity (Wildman–Crippen MR) is 48.9 cm³/mol. The number of rotatable bonds is 1. The van der Waals surface area contributed by atoms with E-state index >= 15 is 0 Å². The minimum absolute atomic E-state index is 0.183. The van der Waals surface area contributed by atoms with Crippen molar-refractivity contribution in [3.05, 3.63) is 23.8 Å². The summed E-state index contributed by atoms with van der Waals surface area (Å²) in [7, 11) is 1.59. The Morgan fingerprint density at radius 2 is 2.31 bits per heavy atom. The van der Waals surface area contributed by atoms with Crippen molar-refractivity contribution < 1.29 is 9.53 Å². The molecule has 0 aromatic heterocycles. The smallest absolute Gasteiger partial charge is 0.319 e. The summed E-state index contributed by atoms with van der Waals surface area (Å²) >= 11 is 0. The fraction of sp³-hybridized carbons (Fsp3) is 0.222. The fourth-order valence-corrected chi connectivity index (χ4v) is 1.37. The molecule has 0 saturated heterocycles. The molecule has 1 aromatic carbocycles.